The molecule has 1 saturated carbocycles. The van der Waals surface area contributed by atoms with Gasteiger partial charge in [0.25, 0.3) is 0 Å². The second-order valence-corrected chi connectivity index (χ2v) is 9.37. The largest absolute Gasteiger partial charge is 0.301 e. The zero-order valence-corrected chi connectivity index (χ0v) is 17.8. The molecule has 0 saturated heterocycles. The fraction of sp³-hybridized carbons (Fsp3) is 0.200. The number of benzene rings is 1. The van der Waals surface area contributed by atoms with Crippen LogP contribution in [-0.2, 0) is 4.79 Å². The van der Waals surface area contributed by atoms with Gasteiger partial charge in [-0.05, 0) is 24.3 Å². The van der Waals surface area contributed by atoms with Crippen LogP contribution in [0.5, 0.6) is 0 Å². The molecule has 9 heteroatoms. The number of thioether (sulfide) groups is 1. The predicted molar refractivity (Wildman–Crippen MR) is 119 cm³/mol. The summed E-state index contributed by atoms with van der Waals surface area (Å²) in [5.74, 6) is 1.08. The molecule has 1 aliphatic carbocycles. The first-order valence-corrected chi connectivity index (χ1v) is 11.9. The molecule has 6 nitrogen and oxygen atoms in total. The van der Waals surface area contributed by atoms with Crippen LogP contribution < -0.4 is 5.32 Å². The lowest BCUT2D eigenvalue weighted by Crippen LogP contribution is -2.14. The van der Waals surface area contributed by atoms with Crippen LogP contribution >= 0.6 is 34.4 Å². The van der Waals surface area contributed by atoms with Gasteiger partial charge in [0, 0.05) is 17.0 Å². The fourth-order valence-corrected chi connectivity index (χ4v) is 5.22. The number of nitrogens with one attached hydrogen (secondary N) is 1. The molecule has 0 atom stereocenters. The smallest absolute Gasteiger partial charge is 0.236 e. The highest BCUT2D eigenvalue weighted by Gasteiger charge is 2.30. The number of thiophene rings is 1. The normalized spacial score (nSPS) is 13.5. The maximum atomic E-state index is 12.4. The molecule has 0 spiro atoms. The van der Waals surface area contributed by atoms with Gasteiger partial charge >= 0.3 is 0 Å². The van der Waals surface area contributed by atoms with E-state index in [4.69, 9.17) is 0 Å². The summed E-state index contributed by atoms with van der Waals surface area (Å²) in [4.78, 5) is 18.1. The van der Waals surface area contributed by atoms with Crippen molar-refractivity contribution in [1.82, 2.24) is 19.7 Å². The van der Waals surface area contributed by atoms with Crippen LogP contribution in [0.1, 0.15) is 18.9 Å². The van der Waals surface area contributed by atoms with Crippen LogP contribution in [0, 0.1) is 0 Å². The third kappa shape index (κ3) is 4.12. The number of rotatable bonds is 7. The Hall–Kier alpha value is -2.49. The maximum Gasteiger partial charge on any atom is 0.236 e. The molecule has 146 valence electrons. The average Bonchev–Trinajstić information content (AvgIpc) is 3.15. The molecule has 0 aliphatic heterocycles. The van der Waals surface area contributed by atoms with E-state index >= 15 is 0 Å². The topological polar surface area (TPSA) is 72.7 Å². The van der Waals surface area contributed by atoms with Crippen LogP contribution in [0.15, 0.2) is 58.4 Å². The van der Waals surface area contributed by atoms with Crippen LogP contribution in [0.25, 0.3) is 22.0 Å². The first kappa shape index (κ1) is 18.5. The number of aromatic nitrogens is 4. The number of carbonyl (C=O) groups is 1. The highest BCUT2D eigenvalue weighted by atomic mass is 32.2. The molecule has 1 aliphatic rings. The minimum absolute atomic E-state index is 0.0908. The number of hydrogen-bond acceptors (Lipinski definition) is 7. The lowest BCUT2D eigenvalue weighted by molar-refractivity contribution is -0.113. The van der Waals surface area contributed by atoms with Crippen molar-refractivity contribution >= 4 is 45.5 Å². The van der Waals surface area contributed by atoms with Crippen molar-refractivity contribution < 1.29 is 4.79 Å². The summed E-state index contributed by atoms with van der Waals surface area (Å²) in [6.07, 6.45) is 2.27. The highest BCUT2D eigenvalue weighted by molar-refractivity contribution is 7.99. The molecular weight excluding hydrogens is 422 g/mol. The highest BCUT2D eigenvalue weighted by Crippen LogP contribution is 2.41. The lowest BCUT2D eigenvalue weighted by atomic mass is 10.2. The number of carbonyl (C=O) groups excluding carboxylic acids is 1. The Balaban J connectivity index is 1.24. The van der Waals surface area contributed by atoms with E-state index < -0.39 is 0 Å². The van der Waals surface area contributed by atoms with Crippen LogP contribution in [0.3, 0.4) is 0 Å². The Morgan fingerprint density at radius 1 is 1.14 bits per heavy atom. The molecule has 5 rings (SSSR count). The SMILES string of the molecule is O=C(CSc1nnc(-c2cccs2)n1C1CC1)Nc1nc(-c2ccccc2)cs1. The second-order valence-electron chi connectivity index (χ2n) is 6.63. The summed E-state index contributed by atoms with van der Waals surface area (Å²) < 4.78 is 2.18. The Bertz CT molecular complexity index is 1120. The number of amides is 1. The van der Waals surface area contributed by atoms with Crippen molar-refractivity contribution in [2.75, 3.05) is 11.1 Å². The standard InChI is InChI=1S/C20H17N5OS3/c26-17(22-19-21-15(11-28-19)13-5-2-1-3-6-13)12-29-20-24-23-18(16-7-4-10-27-16)25(20)14-8-9-14/h1-7,10-11,14H,8-9,12H2,(H,21,22,26). The van der Waals surface area contributed by atoms with E-state index in [1.807, 2.05) is 47.2 Å². The van der Waals surface area contributed by atoms with Gasteiger partial charge in [0.2, 0.25) is 5.91 Å². The van der Waals surface area contributed by atoms with E-state index in [0.717, 1.165) is 40.0 Å². The Kier molecular flexibility index (Phi) is 5.17. The molecule has 1 fully saturated rings. The Morgan fingerprint density at radius 2 is 2.00 bits per heavy atom. The van der Waals surface area contributed by atoms with Crippen molar-refractivity contribution in [3.8, 4) is 22.0 Å². The second kappa shape index (κ2) is 8.10. The molecule has 0 bridgehead atoms. The van der Waals surface area contributed by atoms with E-state index in [0.29, 0.717) is 11.2 Å². The third-order valence-corrected chi connectivity index (χ3v) is 7.04. The van der Waals surface area contributed by atoms with E-state index in [2.05, 4.69) is 31.1 Å². The molecule has 0 radical (unpaired) electrons. The molecule has 4 aromatic rings. The molecule has 1 aromatic carbocycles. The predicted octanol–water partition coefficient (Wildman–Crippen LogP) is 5.20. The van der Waals surface area contributed by atoms with E-state index in [1.165, 1.54) is 23.1 Å². The van der Waals surface area contributed by atoms with E-state index in [9.17, 15) is 4.79 Å². The minimum Gasteiger partial charge on any atom is -0.301 e. The summed E-state index contributed by atoms with van der Waals surface area (Å²) in [6, 6.07) is 14.5. The molecule has 3 aromatic heterocycles. The number of hydrogen-bond donors (Lipinski definition) is 1. The zero-order chi connectivity index (χ0) is 19.6. The minimum atomic E-state index is -0.0908. The summed E-state index contributed by atoms with van der Waals surface area (Å²) in [5, 5.41) is 17.0. The van der Waals surface area contributed by atoms with Crippen LogP contribution in [0.4, 0.5) is 5.13 Å². The first-order valence-electron chi connectivity index (χ1n) is 9.20. The summed E-state index contributed by atoms with van der Waals surface area (Å²) in [6.45, 7) is 0. The van der Waals surface area contributed by atoms with E-state index in [-0.39, 0.29) is 11.7 Å². The number of thiazole rings is 1. The quantitative estimate of drug-likeness (QED) is 0.401. The molecule has 29 heavy (non-hydrogen) atoms. The van der Waals surface area contributed by atoms with Crippen molar-refractivity contribution in [1.29, 1.82) is 0 Å². The Labute approximate surface area is 180 Å². The van der Waals surface area contributed by atoms with E-state index in [1.54, 1.807) is 11.3 Å². The van der Waals surface area contributed by atoms with Gasteiger partial charge < -0.3 is 5.32 Å². The summed E-state index contributed by atoms with van der Waals surface area (Å²) in [5.41, 5.74) is 1.91. The van der Waals surface area contributed by atoms with Gasteiger partial charge in [-0.1, -0.05) is 48.2 Å². The maximum absolute atomic E-state index is 12.4. The number of anilines is 1. The van der Waals surface area contributed by atoms with Crippen molar-refractivity contribution in [3.05, 3.63) is 53.2 Å². The van der Waals surface area contributed by atoms with Crippen molar-refractivity contribution in [2.24, 2.45) is 0 Å². The molecule has 3 heterocycles. The van der Waals surface area contributed by atoms with Gasteiger partial charge in [0.1, 0.15) is 0 Å². The van der Waals surface area contributed by atoms with Gasteiger partial charge in [-0.25, -0.2) is 4.98 Å². The Morgan fingerprint density at radius 3 is 2.76 bits per heavy atom. The fourth-order valence-electron chi connectivity index (χ4n) is 2.97. The van der Waals surface area contributed by atoms with Gasteiger partial charge in [-0.15, -0.1) is 32.9 Å². The summed E-state index contributed by atoms with van der Waals surface area (Å²) >= 11 is 4.51. The number of nitrogens with zero attached hydrogens (tertiary/aromatic N) is 4. The first-order chi connectivity index (χ1) is 14.3. The molecule has 0 unspecified atom stereocenters. The molecule has 1 amide bonds. The van der Waals surface area contributed by atoms with Crippen LogP contribution in [0.2, 0.25) is 0 Å². The van der Waals surface area contributed by atoms with Gasteiger partial charge in [-0.2, -0.15) is 0 Å². The van der Waals surface area contributed by atoms with Crippen molar-refractivity contribution in [3.63, 3.8) is 0 Å². The van der Waals surface area contributed by atoms with Crippen molar-refractivity contribution in [2.45, 2.75) is 24.0 Å². The van der Waals surface area contributed by atoms with Gasteiger partial charge in [0.15, 0.2) is 16.1 Å². The molecule has 1 N–H and O–H groups in total. The summed E-state index contributed by atoms with van der Waals surface area (Å²) in [7, 11) is 0. The van der Waals surface area contributed by atoms with Gasteiger partial charge in [0.05, 0.1) is 16.3 Å². The monoisotopic (exact) mass is 439 g/mol. The zero-order valence-electron chi connectivity index (χ0n) is 15.3. The average molecular weight is 440 g/mol. The lowest BCUT2D eigenvalue weighted by Gasteiger charge is -2.07. The van der Waals surface area contributed by atoms with Gasteiger partial charge in [-0.3, -0.25) is 9.36 Å². The van der Waals surface area contributed by atoms with Crippen LogP contribution in [-0.4, -0.2) is 31.4 Å². The third-order valence-electron chi connectivity index (χ3n) is 4.47. The molecular formula is C20H17N5OS3.